The fraction of sp³-hybridized carbons (Fsp3) is 0.500. The van der Waals surface area contributed by atoms with E-state index in [1.165, 1.54) is 0 Å². The van der Waals surface area contributed by atoms with Gasteiger partial charge in [0.2, 0.25) is 0 Å². The van der Waals surface area contributed by atoms with Crippen LogP contribution in [0.1, 0.15) is 25.8 Å². The van der Waals surface area contributed by atoms with Crippen molar-refractivity contribution in [1.29, 1.82) is 0 Å². The zero-order chi connectivity index (χ0) is 15.2. The molecule has 0 unspecified atom stereocenters. The standard InChI is InChI=1S/C14H21NO4S/c1-11(2)20(17,18)10-9-19-14(16)8-5-12-3-6-13(15)7-4-12/h3-4,6-7,11H,5,8-10,15H2,1-2H3. The number of benzene rings is 1. The summed E-state index contributed by atoms with van der Waals surface area (Å²) in [6, 6.07) is 7.25. The summed E-state index contributed by atoms with van der Waals surface area (Å²) in [7, 11) is -3.16. The number of hydrogen-bond acceptors (Lipinski definition) is 5. The van der Waals surface area contributed by atoms with E-state index in [0.29, 0.717) is 12.1 Å². The Labute approximate surface area is 120 Å². The Hall–Kier alpha value is -1.56. The molecular weight excluding hydrogens is 278 g/mol. The summed E-state index contributed by atoms with van der Waals surface area (Å²) in [5.74, 6) is -0.515. The second-order valence-electron chi connectivity index (χ2n) is 4.88. The lowest BCUT2D eigenvalue weighted by Gasteiger charge is -2.08. The van der Waals surface area contributed by atoms with Crippen LogP contribution in [-0.4, -0.2) is 32.0 Å². The van der Waals surface area contributed by atoms with Gasteiger partial charge in [0, 0.05) is 12.1 Å². The van der Waals surface area contributed by atoms with Crippen molar-refractivity contribution in [2.24, 2.45) is 0 Å². The average Bonchev–Trinajstić information content (AvgIpc) is 2.37. The fourth-order valence-electron chi connectivity index (χ4n) is 1.51. The van der Waals surface area contributed by atoms with E-state index in [9.17, 15) is 13.2 Å². The Kier molecular flexibility index (Phi) is 6.01. The minimum absolute atomic E-state index is 0.0823. The van der Waals surface area contributed by atoms with E-state index in [4.69, 9.17) is 10.5 Å². The molecule has 0 aliphatic heterocycles. The predicted octanol–water partition coefficient (Wildman–Crippen LogP) is 1.57. The summed E-state index contributed by atoms with van der Waals surface area (Å²) >= 11 is 0. The van der Waals surface area contributed by atoms with Gasteiger partial charge in [-0.3, -0.25) is 4.79 Å². The molecule has 0 spiro atoms. The molecule has 0 aliphatic rings. The third-order valence-corrected chi connectivity index (χ3v) is 5.12. The van der Waals surface area contributed by atoms with E-state index >= 15 is 0 Å². The Bertz CT molecular complexity index is 535. The topological polar surface area (TPSA) is 86.5 Å². The highest BCUT2D eigenvalue weighted by atomic mass is 32.2. The molecule has 112 valence electrons. The minimum atomic E-state index is -3.16. The third kappa shape index (κ3) is 5.61. The van der Waals surface area contributed by atoms with Crippen LogP contribution in [-0.2, 0) is 25.8 Å². The molecule has 0 atom stereocenters. The molecule has 0 aliphatic carbocycles. The van der Waals surface area contributed by atoms with Gasteiger partial charge in [0.05, 0.1) is 11.0 Å². The van der Waals surface area contributed by atoms with E-state index in [1.54, 1.807) is 26.0 Å². The number of nitrogens with two attached hydrogens (primary N) is 1. The third-order valence-electron chi connectivity index (χ3n) is 2.95. The van der Waals surface area contributed by atoms with Gasteiger partial charge in [-0.2, -0.15) is 0 Å². The lowest BCUT2D eigenvalue weighted by Crippen LogP contribution is -2.22. The molecule has 0 heterocycles. The molecule has 5 nitrogen and oxygen atoms in total. The molecule has 1 rings (SSSR count). The van der Waals surface area contributed by atoms with Crippen LogP contribution in [0, 0.1) is 0 Å². The van der Waals surface area contributed by atoms with Crippen molar-refractivity contribution in [3.8, 4) is 0 Å². The summed E-state index contributed by atoms with van der Waals surface area (Å²) in [6.45, 7) is 3.14. The van der Waals surface area contributed by atoms with Gasteiger partial charge in [0.1, 0.15) is 6.61 Å². The van der Waals surface area contributed by atoms with Crippen LogP contribution in [0.25, 0.3) is 0 Å². The Morgan fingerprint density at radius 1 is 1.25 bits per heavy atom. The van der Waals surface area contributed by atoms with Crippen LogP contribution in [0.15, 0.2) is 24.3 Å². The number of aryl methyl sites for hydroxylation is 1. The average molecular weight is 299 g/mol. The number of nitrogen functional groups attached to an aromatic ring is 1. The molecule has 1 aromatic rings. The molecule has 20 heavy (non-hydrogen) atoms. The molecular formula is C14H21NO4S. The predicted molar refractivity (Wildman–Crippen MR) is 79.1 cm³/mol. The molecule has 0 saturated heterocycles. The number of carbonyl (C=O) groups excluding carboxylic acids is 1. The van der Waals surface area contributed by atoms with Gasteiger partial charge < -0.3 is 10.5 Å². The maximum Gasteiger partial charge on any atom is 0.306 e. The first-order valence-corrected chi connectivity index (χ1v) is 8.24. The van der Waals surface area contributed by atoms with Crippen molar-refractivity contribution < 1.29 is 17.9 Å². The summed E-state index contributed by atoms with van der Waals surface area (Å²) in [5, 5.41) is -0.448. The zero-order valence-corrected chi connectivity index (χ0v) is 12.7. The lowest BCUT2D eigenvalue weighted by molar-refractivity contribution is -0.142. The van der Waals surface area contributed by atoms with E-state index in [0.717, 1.165) is 5.56 Å². The van der Waals surface area contributed by atoms with Crippen molar-refractivity contribution in [2.45, 2.75) is 31.9 Å². The first kappa shape index (κ1) is 16.5. The number of hydrogen-bond donors (Lipinski definition) is 1. The van der Waals surface area contributed by atoms with Crippen molar-refractivity contribution in [3.63, 3.8) is 0 Å². The smallest absolute Gasteiger partial charge is 0.306 e. The van der Waals surface area contributed by atoms with Gasteiger partial charge in [0.25, 0.3) is 0 Å². The fourth-order valence-corrected chi connectivity index (χ4v) is 2.30. The van der Waals surface area contributed by atoms with E-state index in [2.05, 4.69) is 0 Å². The Balaban J connectivity index is 2.29. The molecule has 0 saturated carbocycles. The van der Waals surface area contributed by atoms with Crippen LogP contribution in [0.4, 0.5) is 5.69 Å². The first-order chi connectivity index (χ1) is 9.31. The molecule has 0 amide bonds. The monoisotopic (exact) mass is 299 g/mol. The SMILES string of the molecule is CC(C)S(=O)(=O)CCOC(=O)CCc1ccc(N)cc1. The highest BCUT2D eigenvalue weighted by Crippen LogP contribution is 2.08. The van der Waals surface area contributed by atoms with E-state index in [1.807, 2.05) is 12.1 Å². The Morgan fingerprint density at radius 2 is 1.85 bits per heavy atom. The van der Waals surface area contributed by atoms with E-state index < -0.39 is 15.1 Å². The van der Waals surface area contributed by atoms with Gasteiger partial charge in [-0.15, -0.1) is 0 Å². The lowest BCUT2D eigenvalue weighted by atomic mass is 10.1. The summed E-state index contributed by atoms with van der Waals surface area (Å²) in [4.78, 5) is 11.5. The number of sulfone groups is 1. The normalized spacial score (nSPS) is 11.6. The second kappa shape index (κ2) is 7.28. The van der Waals surface area contributed by atoms with Gasteiger partial charge in [-0.25, -0.2) is 8.42 Å². The van der Waals surface area contributed by atoms with Gasteiger partial charge >= 0.3 is 5.97 Å². The van der Waals surface area contributed by atoms with Crippen molar-refractivity contribution >= 4 is 21.5 Å². The molecule has 0 aromatic heterocycles. The van der Waals surface area contributed by atoms with E-state index in [-0.39, 0.29) is 24.7 Å². The summed E-state index contributed by atoms with van der Waals surface area (Å²) < 4.78 is 28.0. The van der Waals surface area contributed by atoms with Gasteiger partial charge in [-0.1, -0.05) is 12.1 Å². The highest BCUT2D eigenvalue weighted by Gasteiger charge is 2.16. The minimum Gasteiger partial charge on any atom is -0.465 e. The number of rotatable bonds is 7. The largest absolute Gasteiger partial charge is 0.465 e. The van der Waals surface area contributed by atoms with Crippen LogP contribution in [0.2, 0.25) is 0 Å². The van der Waals surface area contributed by atoms with Crippen LogP contribution >= 0.6 is 0 Å². The first-order valence-electron chi connectivity index (χ1n) is 6.53. The number of ether oxygens (including phenoxy) is 1. The zero-order valence-electron chi connectivity index (χ0n) is 11.8. The van der Waals surface area contributed by atoms with Crippen LogP contribution in [0.5, 0.6) is 0 Å². The molecule has 2 N–H and O–H groups in total. The summed E-state index contributed by atoms with van der Waals surface area (Å²) in [6.07, 6.45) is 0.779. The molecule has 1 aromatic carbocycles. The van der Waals surface area contributed by atoms with Gasteiger partial charge in [-0.05, 0) is 38.0 Å². The Morgan fingerprint density at radius 3 is 2.40 bits per heavy atom. The van der Waals surface area contributed by atoms with Crippen molar-refractivity contribution in [2.75, 3.05) is 18.1 Å². The number of esters is 1. The van der Waals surface area contributed by atoms with Gasteiger partial charge in [0.15, 0.2) is 9.84 Å². The number of anilines is 1. The van der Waals surface area contributed by atoms with Crippen molar-refractivity contribution in [3.05, 3.63) is 29.8 Å². The number of carbonyl (C=O) groups is 1. The van der Waals surface area contributed by atoms with Crippen molar-refractivity contribution in [1.82, 2.24) is 0 Å². The molecule has 0 bridgehead atoms. The summed E-state index contributed by atoms with van der Waals surface area (Å²) in [5.41, 5.74) is 7.23. The quantitative estimate of drug-likeness (QED) is 0.610. The maximum atomic E-state index is 11.5. The molecule has 0 fully saturated rings. The molecule has 0 radical (unpaired) electrons. The highest BCUT2D eigenvalue weighted by molar-refractivity contribution is 7.91. The second-order valence-corrected chi connectivity index (χ2v) is 7.55. The molecule has 6 heteroatoms. The maximum absolute atomic E-state index is 11.5. The van der Waals surface area contributed by atoms with Crippen LogP contribution in [0.3, 0.4) is 0 Å². The van der Waals surface area contributed by atoms with Crippen LogP contribution < -0.4 is 5.73 Å².